The number of nitro groups is 1. The molecule has 0 bridgehead atoms. The average molecular weight is 978 g/mol. The van der Waals surface area contributed by atoms with Crippen LogP contribution in [0.3, 0.4) is 0 Å². The van der Waals surface area contributed by atoms with Gasteiger partial charge in [-0.3, -0.25) is 60.5 Å². The van der Waals surface area contributed by atoms with Gasteiger partial charge < -0.3 is 96.5 Å². The summed E-state index contributed by atoms with van der Waals surface area (Å²) in [6.07, 6.45) is -10.5. The number of carboxylic acid groups (broad SMARTS) is 1. The van der Waals surface area contributed by atoms with E-state index >= 15 is 0 Å². The van der Waals surface area contributed by atoms with Crippen molar-refractivity contribution in [1.29, 1.82) is 21.6 Å². The largest absolute Gasteiger partial charge is 0.478 e. The van der Waals surface area contributed by atoms with E-state index in [-0.39, 0.29) is 17.8 Å². The molecule has 0 radical (unpaired) electrons. The molecule has 6 atom stereocenters. The summed E-state index contributed by atoms with van der Waals surface area (Å²) in [6, 6.07) is 14.6. The zero-order valence-electron chi connectivity index (χ0n) is 36.9. The summed E-state index contributed by atoms with van der Waals surface area (Å²) in [7, 11) is 3.55. The van der Waals surface area contributed by atoms with Crippen molar-refractivity contribution >= 4 is 82.3 Å². The number of aliphatic hydroxyl groups is 1. The number of aromatic carboxylic acids is 1. The van der Waals surface area contributed by atoms with Crippen LogP contribution in [0.2, 0.25) is 0 Å². The molecule has 0 heterocycles. The number of nitrogens with zero attached hydrogens (tertiary/aromatic N) is 3. The molecule has 0 spiro atoms. The van der Waals surface area contributed by atoms with Gasteiger partial charge in [-0.1, -0.05) is 42.5 Å². The third kappa shape index (κ3) is 15.9. The van der Waals surface area contributed by atoms with Crippen molar-refractivity contribution in [3.05, 3.63) is 99.6 Å². The lowest BCUT2D eigenvalue weighted by Gasteiger charge is -2.32. The van der Waals surface area contributed by atoms with E-state index in [2.05, 4.69) is 26.6 Å². The molecule has 0 fully saturated rings. The first-order valence-electron chi connectivity index (χ1n) is 19.8. The maximum Gasteiger partial charge on any atom is 0.338 e. The van der Waals surface area contributed by atoms with Gasteiger partial charge >= 0.3 is 5.97 Å². The molecule has 0 aromatic heterocycles. The number of guanidine groups is 4. The molecule has 6 unspecified atom stereocenters. The van der Waals surface area contributed by atoms with E-state index in [1.807, 2.05) is 21.3 Å². The molecule has 25 N–H and O–H groups in total. The molecule has 0 saturated heterocycles. The van der Waals surface area contributed by atoms with Gasteiger partial charge in [-0.2, -0.15) is 0 Å². The number of carbonyl (C=O) groups is 7. The first-order chi connectivity index (χ1) is 32.8. The van der Waals surface area contributed by atoms with Gasteiger partial charge in [0.15, 0.2) is 48.5 Å². The lowest BCUT2D eigenvalue weighted by atomic mass is 10.1. The summed E-state index contributed by atoms with van der Waals surface area (Å²) < 4.78 is 0. The van der Waals surface area contributed by atoms with Crippen molar-refractivity contribution in [3.8, 4) is 0 Å². The normalized spacial score (nSPS) is 13.0. The number of aliphatic hydroxyl groups excluding tert-OH is 1. The van der Waals surface area contributed by atoms with Gasteiger partial charge in [-0.05, 0) is 29.3 Å². The van der Waals surface area contributed by atoms with E-state index in [1.54, 1.807) is 49.3 Å². The predicted octanol–water partition coefficient (Wildman–Crippen LogP) is -6.27. The number of rotatable bonds is 23. The molecule has 374 valence electrons. The van der Waals surface area contributed by atoms with E-state index in [4.69, 9.17) is 50.3 Å². The fourth-order valence-corrected chi connectivity index (χ4v) is 5.97. The molecular weight excluding hydrogens is 927 g/mol. The average Bonchev–Trinajstić information content (AvgIpc) is 3.28. The minimum absolute atomic E-state index is 0.0183. The van der Waals surface area contributed by atoms with Crippen LogP contribution in [-0.2, 0) is 35.3 Å². The van der Waals surface area contributed by atoms with Gasteiger partial charge in [0.2, 0.25) is 12.1 Å². The summed E-state index contributed by atoms with van der Waals surface area (Å²) in [5.41, 5.74) is 26.3. The van der Waals surface area contributed by atoms with Crippen LogP contribution in [0.5, 0.6) is 0 Å². The number of hydrogen-bond acceptors (Lipinski definition) is 16. The molecule has 0 aliphatic carbocycles. The summed E-state index contributed by atoms with van der Waals surface area (Å²) >= 11 is 0. The number of carbonyl (C=O) groups excluding carboxylic acids is 6. The third-order valence-corrected chi connectivity index (χ3v) is 9.16. The van der Waals surface area contributed by atoms with Crippen LogP contribution in [-0.4, -0.2) is 125 Å². The van der Waals surface area contributed by atoms with Crippen LogP contribution in [0.25, 0.3) is 0 Å². The minimum Gasteiger partial charge on any atom is -0.478 e. The monoisotopic (exact) mass is 977 g/mol. The van der Waals surface area contributed by atoms with Crippen LogP contribution >= 0.6 is 0 Å². The van der Waals surface area contributed by atoms with Gasteiger partial charge in [0.1, 0.15) is 6.04 Å². The Morgan fingerprint density at radius 1 is 0.614 bits per heavy atom. The lowest BCUT2D eigenvalue weighted by molar-refractivity contribution is -0.384. The maximum absolute atomic E-state index is 14.2. The number of nitro benzene ring substituents is 1. The van der Waals surface area contributed by atoms with E-state index in [1.165, 1.54) is 24.3 Å². The Labute approximate surface area is 395 Å². The number of anilines is 2. The van der Waals surface area contributed by atoms with Crippen molar-refractivity contribution in [2.75, 3.05) is 23.9 Å². The molecule has 70 heavy (non-hydrogen) atoms. The standard InChI is InChI=1S/C38H51N21O11/c1-57(2)18-10-8-16(9-11-18)15-58(21-13-12-19(59(69)70)14-20(21)34(67)68)33(66)32(65)48-22(17-6-4-3-5-7-17)28(61)50-25(54-36(42)43)30(63)52-27(56-38(46)47)31(64)51-26(55-37(44)45)29(62)49-24(23(39)60)53-35(40)41/h3-14,22,24-27,33,66H,15H2,1-2H3,(H2,39,60)(H,48,65)(H,49,62)(H,50,61)(H,51,64)(H,52,63)(H,67,68)(H4,40,41,53)(H4,42,43,54)(H4,44,45,55)(H4,46,47,56). The molecule has 3 aromatic rings. The van der Waals surface area contributed by atoms with Gasteiger partial charge in [-0.15, -0.1) is 0 Å². The number of primary amides is 1. The van der Waals surface area contributed by atoms with Crippen LogP contribution in [0.4, 0.5) is 17.1 Å². The van der Waals surface area contributed by atoms with Crippen molar-refractivity contribution in [3.63, 3.8) is 0 Å². The third-order valence-electron chi connectivity index (χ3n) is 9.16. The van der Waals surface area contributed by atoms with Crippen LogP contribution in [0, 0.1) is 31.8 Å². The Hall–Kier alpha value is -10.0. The highest BCUT2D eigenvalue weighted by atomic mass is 16.6. The number of nitrogens with two attached hydrogens (primary N) is 5. The summed E-state index contributed by atoms with van der Waals surface area (Å²) in [5, 5.41) is 82.6. The Balaban J connectivity index is 2.00. The van der Waals surface area contributed by atoms with Crippen LogP contribution in [0.1, 0.15) is 27.5 Å². The SMILES string of the molecule is CN(C)c1ccc(CN(c2ccc([N+](=O)[O-])cc2C(=O)O)C(O)C(=O)NC(C(=O)NC(NC(=N)N)C(=O)NC(NC(=N)N)C(=O)NC(NC(=N)N)C(=O)NC(NC(=N)N)C(N)=O)c2ccccc2)cc1. The molecule has 0 aliphatic rings. The van der Waals surface area contributed by atoms with Crippen molar-refractivity contribution < 1.29 is 48.7 Å². The molecule has 32 heteroatoms. The molecule has 0 aliphatic heterocycles. The molecule has 32 nitrogen and oxygen atoms in total. The second kappa shape index (κ2) is 24.5. The number of non-ortho nitro benzene ring substituents is 1. The fraction of sp³-hybridized carbons (Fsp3) is 0.237. The Kier molecular flexibility index (Phi) is 19.0. The molecule has 3 aromatic carbocycles. The molecule has 6 amide bonds. The quantitative estimate of drug-likeness (QED) is 0.0138. The Bertz CT molecular complexity index is 2510. The van der Waals surface area contributed by atoms with Crippen molar-refractivity contribution in [2.45, 2.75) is 43.5 Å². The fourth-order valence-electron chi connectivity index (χ4n) is 5.97. The first kappa shape index (κ1) is 54.3. The summed E-state index contributed by atoms with van der Waals surface area (Å²) in [5.74, 6) is -13.3. The first-order valence-corrected chi connectivity index (χ1v) is 19.8. The molecular formula is C38H51N21O11. The van der Waals surface area contributed by atoms with E-state index in [0.29, 0.717) is 5.56 Å². The van der Waals surface area contributed by atoms with Crippen LogP contribution < -0.4 is 86.3 Å². The topological polar surface area (TPSA) is 543 Å². The number of carboxylic acids is 1. The highest BCUT2D eigenvalue weighted by Crippen LogP contribution is 2.29. The zero-order valence-corrected chi connectivity index (χ0v) is 36.9. The Morgan fingerprint density at radius 2 is 1.06 bits per heavy atom. The van der Waals surface area contributed by atoms with E-state index < -0.39 is 118 Å². The minimum atomic E-state index is -2.34. The van der Waals surface area contributed by atoms with Gasteiger partial charge in [0.05, 0.1) is 16.2 Å². The van der Waals surface area contributed by atoms with Crippen molar-refractivity contribution in [2.24, 2.45) is 28.7 Å². The number of benzene rings is 3. The van der Waals surface area contributed by atoms with Gasteiger partial charge in [0, 0.05) is 38.5 Å². The van der Waals surface area contributed by atoms with E-state index in [0.717, 1.165) is 28.8 Å². The number of hydrogen-bond donors (Lipinski definition) is 20. The number of nitrogens with one attached hydrogen (secondary N) is 13. The summed E-state index contributed by atoms with van der Waals surface area (Å²) in [6.45, 7) is -0.377. The Morgan fingerprint density at radius 3 is 1.47 bits per heavy atom. The van der Waals surface area contributed by atoms with Gasteiger partial charge in [0.25, 0.3) is 35.2 Å². The van der Waals surface area contributed by atoms with Crippen LogP contribution in [0.15, 0.2) is 72.8 Å². The highest BCUT2D eigenvalue weighted by Gasteiger charge is 2.36. The van der Waals surface area contributed by atoms with E-state index in [9.17, 15) is 53.9 Å². The van der Waals surface area contributed by atoms with Crippen molar-refractivity contribution in [1.82, 2.24) is 47.9 Å². The highest BCUT2D eigenvalue weighted by molar-refractivity contribution is 6.00. The summed E-state index contributed by atoms with van der Waals surface area (Å²) in [4.78, 5) is 106. The predicted molar refractivity (Wildman–Crippen MR) is 247 cm³/mol. The smallest absolute Gasteiger partial charge is 0.338 e. The maximum atomic E-state index is 14.2. The molecule has 3 rings (SSSR count). The second-order valence-corrected chi connectivity index (χ2v) is 14.6. The number of amides is 6. The zero-order chi connectivity index (χ0) is 52.6. The lowest BCUT2D eigenvalue weighted by Crippen LogP contribution is -2.68. The molecule has 0 saturated carbocycles. The van der Waals surface area contributed by atoms with Gasteiger partial charge in [-0.25, -0.2) is 4.79 Å². The second-order valence-electron chi connectivity index (χ2n) is 14.6.